The molecule has 0 saturated carbocycles. The molecule has 0 heterocycles. The Morgan fingerprint density at radius 1 is 0.968 bits per heavy atom. The first kappa shape index (κ1) is 21.9. The van der Waals surface area contributed by atoms with E-state index in [1.807, 2.05) is 0 Å². The van der Waals surface area contributed by atoms with Gasteiger partial charge >= 0.3 is 5.97 Å². The van der Waals surface area contributed by atoms with E-state index in [2.05, 4.69) is 10.5 Å². The van der Waals surface area contributed by atoms with Crippen molar-refractivity contribution in [3.8, 4) is 17.2 Å². The summed E-state index contributed by atoms with van der Waals surface area (Å²) in [6.45, 7) is -0.196. The molecule has 0 fully saturated rings. The van der Waals surface area contributed by atoms with Gasteiger partial charge in [0.1, 0.15) is 17.2 Å². The van der Waals surface area contributed by atoms with Crippen molar-refractivity contribution < 1.29 is 23.8 Å². The lowest BCUT2D eigenvalue weighted by Gasteiger charge is -2.06. The summed E-state index contributed by atoms with van der Waals surface area (Å²) in [6.07, 6.45) is 1.46. The Morgan fingerprint density at radius 2 is 1.68 bits per heavy atom. The normalized spacial score (nSPS) is 10.5. The van der Waals surface area contributed by atoms with E-state index in [1.165, 1.54) is 6.21 Å². The number of nitrogens with zero attached hydrogens (tertiary/aromatic N) is 1. The van der Waals surface area contributed by atoms with Crippen molar-refractivity contribution in [3.05, 3.63) is 88.9 Å². The molecule has 1 N–H and O–H groups in total. The SMILES string of the molecule is COc1ccc(C(=O)Oc2ccc(/C=N/NC(=O)COc3cccc(Cl)c3)cc2)cc1. The third-order valence-corrected chi connectivity index (χ3v) is 4.22. The Balaban J connectivity index is 1.46. The second-order valence-corrected chi connectivity index (χ2v) is 6.66. The zero-order valence-corrected chi connectivity index (χ0v) is 17.3. The van der Waals surface area contributed by atoms with Crippen molar-refractivity contribution in [2.45, 2.75) is 0 Å². The van der Waals surface area contributed by atoms with Gasteiger partial charge < -0.3 is 14.2 Å². The maximum Gasteiger partial charge on any atom is 0.343 e. The molecule has 0 spiro atoms. The van der Waals surface area contributed by atoms with E-state index < -0.39 is 11.9 Å². The molecule has 3 rings (SSSR count). The van der Waals surface area contributed by atoms with Gasteiger partial charge in [0.2, 0.25) is 0 Å². The lowest BCUT2D eigenvalue weighted by molar-refractivity contribution is -0.123. The largest absolute Gasteiger partial charge is 0.497 e. The maximum absolute atomic E-state index is 12.2. The summed E-state index contributed by atoms with van der Waals surface area (Å²) in [5, 5.41) is 4.40. The molecular formula is C23H19ClN2O5. The second-order valence-electron chi connectivity index (χ2n) is 6.23. The van der Waals surface area contributed by atoms with Crippen molar-refractivity contribution in [1.29, 1.82) is 0 Å². The minimum absolute atomic E-state index is 0.196. The molecule has 0 saturated heterocycles. The fourth-order valence-corrected chi connectivity index (χ4v) is 2.61. The summed E-state index contributed by atoms with van der Waals surface area (Å²) >= 11 is 5.86. The highest BCUT2D eigenvalue weighted by atomic mass is 35.5. The van der Waals surface area contributed by atoms with Crippen LogP contribution in [0.4, 0.5) is 0 Å². The van der Waals surface area contributed by atoms with Crippen LogP contribution >= 0.6 is 11.6 Å². The number of esters is 1. The standard InChI is InChI=1S/C23H19ClN2O5/c1-29-19-11-7-17(8-12-19)23(28)31-20-9-5-16(6-10-20)14-25-26-22(27)15-30-21-4-2-3-18(24)13-21/h2-14H,15H2,1H3,(H,26,27)/b25-14+. The first-order valence-electron chi connectivity index (χ1n) is 9.20. The first-order chi connectivity index (χ1) is 15.0. The summed E-state index contributed by atoms with van der Waals surface area (Å²) in [7, 11) is 1.55. The van der Waals surface area contributed by atoms with Gasteiger partial charge in [-0.15, -0.1) is 0 Å². The fraction of sp³-hybridized carbons (Fsp3) is 0.0870. The third-order valence-electron chi connectivity index (χ3n) is 3.99. The van der Waals surface area contributed by atoms with Crippen LogP contribution in [0, 0.1) is 0 Å². The molecule has 7 nitrogen and oxygen atoms in total. The fourth-order valence-electron chi connectivity index (χ4n) is 2.43. The van der Waals surface area contributed by atoms with E-state index in [1.54, 1.807) is 79.9 Å². The quantitative estimate of drug-likeness (QED) is 0.248. The topological polar surface area (TPSA) is 86.2 Å². The van der Waals surface area contributed by atoms with Gasteiger partial charge in [0, 0.05) is 5.02 Å². The Hall–Kier alpha value is -3.84. The summed E-state index contributed by atoms with van der Waals surface area (Å²) in [5.74, 6) is 0.643. The zero-order chi connectivity index (χ0) is 22.1. The number of hydrogen-bond acceptors (Lipinski definition) is 6. The lowest BCUT2D eigenvalue weighted by atomic mass is 10.2. The van der Waals surface area contributed by atoms with Crippen molar-refractivity contribution in [3.63, 3.8) is 0 Å². The van der Waals surface area contributed by atoms with Gasteiger partial charge in [-0.2, -0.15) is 5.10 Å². The predicted molar refractivity (Wildman–Crippen MR) is 117 cm³/mol. The summed E-state index contributed by atoms with van der Waals surface area (Å²) in [4.78, 5) is 24.0. The Morgan fingerprint density at radius 3 is 2.35 bits per heavy atom. The van der Waals surface area contributed by atoms with Crippen molar-refractivity contribution >= 4 is 29.7 Å². The number of hydrazone groups is 1. The van der Waals surface area contributed by atoms with E-state index in [0.29, 0.717) is 33.4 Å². The number of hydrogen-bond donors (Lipinski definition) is 1. The minimum Gasteiger partial charge on any atom is -0.497 e. The van der Waals surface area contributed by atoms with Crippen LogP contribution in [0.25, 0.3) is 0 Å². The van der Waals surface area contributed by atoms with Crippen LogP contribution < -0.4 is 19.6 Å². The molecule has 0 atom stereocenters. The van der Waals surface area contributed by atoms with E-state index in [-0.39, 0.29) is 6.61 Å². The highest BCUT2D eigenvalue weighted by Crippen LogP contribution is 2.17. The predicted octanol–water partition coefficient (Wildman–Crippen LogP) is 4.10. The van der Waals surface area contributed by atoms with Gasteiger partial charge in [0.15, 0.2) is 6.61 Å². The van der Waals surface area contributed by atoms with E-state index >= 15 is 0 Å². The molecule has 0 aliphatic heterocycles. The maximum atomic E-state index is 12.2. The van der Waals surface area contributed by atoms with Gasteiger partial charge in [-0.05, 0) is 72.3 Å². The van der Waals surface area contributed by atoms with Crippen LogP contribution in [0.5, 0.6) is 17.2 Å². The van der Waals surface area contributed by atoms with Crippen LogP contribution in [-0.2, 0) is 4.79 Å². The van der Waals surface area contributed by atoms with Crippen LogP contribution in [-0.4, -0.2) is 31.8 Å². The number of benzene rings is 3. The number of amides is 1. The first-order valence-corrected chi connectivity index (χ1v) is 9.58. The molecule has 0 aliphatic rings. The molecule has 0 aromatic heterocycles. The number of methoxy groups -OCH3 is 1. The van der Waals surface area contributed by atoms with Gasteiger partial charge in [-0.25, -0.2) is 10.2 Å². The van der Waals surface area contributed by atoms with Crippen LogP contribution in [0.3, 0.4) is 0 Å². The van der Waals surface area contributed by atoms with Gasteiger partial charge in [0.05, 0.1) is 18.9 Å². The lowest BCUT2D eigenvalue weighted by Crippen LogP contribution is -2.24. The minimum atomic E-state index is -0.476. The monoisotopic (exact) mass is 438 g/mol. The summed E-state index contributed by atoms with van der Waals surface area (Å²) in [6, 6.07) is 20.0. The van der Waals surface area contributed by atoms with Crippen molar-refractivity contribution in [1.82, 2.24) is 5.43 Å². The number of halogens is 1. The molecular weight excluding hydrogens is 420 g/mol. The average molecular weight is 439 g/mol. The van der Waals surface area contributed by atoms with Gasteiger partial charge in [-0.1, -0.05) is 17.7 Å². The molecule has 1 amide bonds. The smallest absolute Gasteiger partial charge is 0.343 e. The summed E-state index contributed by atoms with van der Waals surface area (Å²) in [5.41, 5.74) is 3.49. The van der Waals surface area contributed by atoms with E-state index in [0.717, 1.165) is 0 Å². The number of nitrogens with one attached hydrogen (secondary N) is 1. The Bertz CT molecular complexity index is 1070. The Labute approximate surface area is 184 Å². The molecule has 0 unspecified atom stereocenters. The zero-order valence-electron chi connectivity index (χ0n) is 16.6. The van der Waals surface area contributed by atoms with Gasteiger partial charge in [0.25, 0.3) is 5.91 Å². The average Bonchev–Trinajstić information content (AvgIpc) is 2.79. The number of carbonyl (C=O) groups is 2. The number of rotatable bonds is 8. The Kier molecular flexibility index (Phi) is 7.61. The van der Waals surface area contributed by atoms with Crippen molar-refractivity contribution in [2.24, 2.45) is 5.10 Å². The molecule has 3 aromatic rings. The number of carbonyl (C=O) groups excluding carboxylic acids is 2. The summed E-state index contributed by atoms with van der Waals surface area (Å²) < 4.78 is 15.7. The van der Waals surface area contributed by atoms with Crippen LogP contribution in [0.15, 0.2) is 77.9 Å². The van der Waals surface area contributed by atoms with E-state index in [4.69, 9.17) is 25.8 Å². The second kappa shape index (κ2) is 10.8. The molecule has 158 valence electrons. The van der Waals surface area contributed by atoms with E-state index in [9.17, 15) is 9.59 Å². The highest BCUT2D eigenvalue weighted by Gasteiger charge is 2.08. The highest BCUT2D eigenvalue weighted by molar-refractivity contribution is 6.30. The molecule has 31 heavy (non-hydrogen) atoms. The van der Waals surface area contributed by atoms with Gasteiger partial charge in [-0.3, -0.25) is 4.79 Å². The number of ether oxygens (including phenoxy) is 3. The van der Waals surface area contributed by atoms with Crippen molar-refractivity contribution in [2.75, 3.05) is 13.7 Å². The third kappa shape index (κ3) is 6.87. The molecule has 3 aromatic carbocycles. The molecule has 0 bridgehead atoms. The molecule has 0 radical (unpaired) electrons. The van der Waals surface area contributed by atoms with Crippen LogP contribution in [0.2, 0.25) is 5.02 Å². The van der Waals surface area contributed by atoms with Crippen LogP contribution in [0.1, 0.15) is 15.9 Å². The molecule has 0 aliphatic carbocycles. The molecule has 8 heteroatoms.